The topological polar surface area (TPSA) is 76.7 Å². The number of nitrogens with one attached hydrogen (secondary N) is 2. The van der Waals surface area contributed by atoms with Gasteiger partial charge in [-0.15, -0.1) is 0 Å². The van der Waals surface area contributed by atoms with Crippen LogP contribution in [0.2, 0.25) is 0 Å². The van der Waals surface area contributed by atoms with Crippen LogP contribution in [-0.2, 0) is 16.0 Å². The summed E-state index contributed by atoms with van der Waals surface area (Å²) < 4.78 is 10.3. The summed E-state index contributed by atoms with van der Waals surface area (Å²) in [6.45, 7) is 1.70. The van der Waals surface area contributed by atoms with Gasteiger partial charge in [0.15, 0.2) is 0 Å². The quantitative estimate of drug-likeness (QED) is 0.851. The molecule has 6 heteroatoms. The summed E-state index contributed by atoms with van der Waals surface area (Å²) in [4.78, 5) is 22.7. The van der Waals surface area contributed by atoms with Crippen LogP contribution in [0.25, 0.3) is 0 Å². The normalized spacial score (nSPS) is 9.92. The highest BCUT2D eigenvalue weighted by atomic mass is 16.5. The van der Waals surface area contributed by atoms with Crippen LogP contribution in [0.4, 0.5) is 16.2 Å². The van der Waals surface area contributed by atoms with Gasteiger partial charge in [-0.3, -0.25) is 10.1 Å². The molecule has 126 valence electrons. The van der Waals surface area contributed by atoms with E-state index >= 15 is 0 Å². The van der Waals surface area contributed by atoms with Gasteiger partial charge in [0.25, 0.3) is 0 Å². The van der Waals surface area contributed by atoms with Crippen molar-refractivity contribution in [2.45, 2.75) is 13.3 Å². The van der Waals surface area contributed by atoms with E-state index in [1.807, 2.05) is 24.3 Å². The molecule has 0 saturated heterocycles. The molecule has 24 heavy (non-hydrogen) atoms. The van der Waals surface area contributed by atoms with E-state index in [0.29, 0.717) is 17.8 Å². The fraction of sp³-hybridized carbons (Fsp3) is 0.222. The summed E-state index contributed by atoms with van der Waals surface area (Å²) in [6.07, 6.45) is 0.0803. The number of hydrogen-bond donors (Lipinski definition) is 2. The van der Waals surface area contributed by atoms with E-state index in [-0.39, 0.29) is 12.5 Å². The Labute approximate surface area is 140 Å². The molecule has 0 saturated carbocycles. The number of rotatable bonds is 6. The largest absolute Gasteiger partial charge is 0.497 e. The molecule has 0 heterocycles. The van der Waals surface area contributed by atoms with Crippen molar-refractivity contribution < 1.29 is 19.1 Å². The Morgan fingerprint density at radius 1 is 1.00 bits per heavy atom. The molecule has 2 N–H and O–H groups in total. The number of anilines is 2. The van der Waals surface area contributed by atoms with Crippen LogP contribution in [0, 0.1) is 0 Å². The Kier molecular flexibility index (Phi) is 6.19. The number of ether oxygens (including phenoxy) is 2. The molecule has 0 fully saturated rings. The van der Waals surface area contributed by atoms with Crippen molar-refractivity contribution in [3.63, 3.8) is 0 Å². The number of methoxy groups -OCH3 is 1. The molecule has 0 radical (unpaired) electrons. The summed E-state index contributed by atoms with van der Waals surface area (Å²) in [7, 11) is 1.61. The second kappa shape index (κ2) is 8.57. The molecule has 2 aromatic rings. The average molecular weight is 328 g/mol. The molecule has 2 aromatic carbocycles. The van der Waals surface area contributed by atoms with Gasteiger partial charge in [-0.05, 0) is 42.0 Å². The van der Waals surface area contributed by atoms with Gasteiger partial charge < -0.3 is 14.8 Å². The Morgan fingerprint density at radius 2 is 1.67 bits per heavy atom. The first kappa shape index (κ1) is 17.3. The zero-order valence-electron chi connectivity index (χ0n) is 13.7. The summed E-state index contributed by atoms with van der Waals surface area (Å²) in [5.74, 6) is 0.629. The monoisotopic (exact) mass is 328 g/mol. The van der Waals surface area contributed by atoms with E-state index in [2.05, 4.69) is 10.6 Å². The molecule has 0 aliphatic heterocycles. The van der Waals surface area contributed by atoms with Crippen LogP contribution in [-0.4, -0.2) is 25.7 Å². The van der Waals surface area contributed by atoms with E-state index in [4.69, 9.17) is 9.47 Å². The number of benzene rings is 2. The lowest BCUT2D eigenvalue weighted by atomic mass is 10.1. The second-order valence-corrected chi connectivity index (χ2v) is 5.12. The number of carbonyl (C=O) groups excluding carboxylic acids is 2. The van der Waals surface area contributed by atoms with Crippen LogP contribution in [0.15, 0.2) is 48.5 Å². The van der Waals surface area contributed by atoms with Crippen molar-refractivity contribution in [1.82, 2.24) is 0 Å². The second-order valence-electron chi connectivity index (χ2n) is 5.12. The van der Waals surface area contributed by atoms with Gasteiger partial charge in [0, 0.05) is 24.7 Å². The fourth-order valence-electron chi connectivity index (χ4n) is 2.08. The highest BCUT2D eigenvalue weighted by molar-refractivity contribution is 5.89. The smallest absolute Gasteiger partial charge is 0.411 e. The minimum Gasteiger partial charge on any atom is -0.497 e. The Morgan fingerprint density at radius 3 is 2.29 bits per heavy atom. The molecule has 2 amide bonds. The summed E-state index contributed by atoms with van der Waals surface area (Å²) in [5, 5.41) is 5.29. The van der Waals surface area contributed by atoms with Gasteiger partial charge in [-0.25, -0.2) is 4.79 Å². The maximum atomic E-state index is 11.8. The Hall–Kier alpha value is -3.02. The molecule has 0 atom stereocenters. The predicted molar refractivity (Wildman–Crippen MR) is 92.4 cm³/mol. The molecular formula is C18H20N2O4. The van der Waals surface area contributed by atoms with Gasteiger partial charge in [0.1, 0.15) is 5.75 Å². The van der Waals surface area contributed by atoms with Crippen molar-refractivity contribution in [3.8, 4) is 5.75 Å². The van der Waals surface area contributed by atoms with Gasteiger partial charge in [0.05, 0.1) is 13.7 Å². The maximum Gasteiger partial charge on any atom is 0.411 e. The molecule has 0 aromatic heterocycles. The van der Waals surface area contributed by atoms with Crippen molar-refractivity contribution in [1.29, 1.82) is 0 Å². The first-order chi connectivity index (χ1) is 11.6. The van der Waals surface area contributed by atoms with Crippen LogP contribution >= 0.6 is 0 Å². The third-order valence-electron chi connectivity index (χ3n) is 3.21. The molecule has 0 bridgehead atoms. The van der Waals surface area contributed by atoms with Crippen LogP contribution in [0.5, 0.6) is 5.75 Å². The van der Waals surface area contributed by atoms with Crippen LogP contribution in [0.1, 0.15) is 12.5 Å². The first-order valence-corrected chi connectivity index (χ1v) is 7.51. The average Bonchev–Trinajstić information content (AvgIpc) is 2.56. The van der Waals surface area contributed by atoms with Crippen molar-refractivity contribution in [2.75, 3.05) is 24.4 Å². The Balaban J connectivity index is 1.77. The lowest BCUT2D eigenvalue weighted by molar-refractivity contribution is -0.114. The molecular weight excluding hydrogens is 308 g/mol. The minimum absolute atomic E-state index is 0.146. The molecule has 2 rings (SSSR count). The van der Waals surface area contributed by atoms with Gasteiger partial charge in [0.2, 0.25) is 5.91 Å². The number of hydrogen-bond acceptors (Lipinski definition) is 4. The lowest BCUT2D eigenvalue weighted by Gasteiger charge is -2.08. The summed E-state index contributed by atoms with van der Waals surface area (Å²) in [6, 6.07) is 14.4. The van der Waals surface area contributed by atoms with Gasteiger partial charge >= 0.3 is 6.09 Å². The lowest BCUT2D eigenvalue weighted by Crippen LogP contribution is -2.15. The molecule has 0 aliphatic carbocycles. The maximum absolute atomic E-state index is 11.8. The first-order valence-electron chi connectivity index (χ1n) is 7.51. The standard InChI is InChI=1S/C18H20N2O4/c1-13(21)19-15-6-8-16(9-7-15)20-18(22)24-11-10-14-4-3-5-17(12-14)23-2/h3-9,12H,10-11H2,1-2H3,(H,19,21)(H,20,22). The minimum atomic E-state index is -0.523. The molecule has 0 unspecified atom stereocenters. The SMILES string of the molecule is COc1cccc(CCOC(=O)Nc2ccc(NC(C)=O)cc2)c1. The fourth-order valence-corrected chi connectivity index (χ4v) is 2.08. The number of carbonyl (C=O) groups is 2. The van der Waals surface area contributed by atoms with Crippen molar-refractivity contribution in [2.24, 2.45) is 0 Å². The third kappa shape index (κ3) is 5.64. The highest BCUT2D eigenvalue weighted by Crippen LogP contribution is 2.15. The van der Waals surface area contributed by atoms with Crippen molar-refractivity contribution in [3.05, 3.63) is 54.1 Å². The van der Waals surface area contributed by atoms with Gasteiger partial charge in [-0.2, -0.15) is 0 Å². The zero-order valence-corrected chi connectivity index (χ0v) is 13.7. The molecule has 6 nitrogen and oxygen atoms in total. The predicted octanol–water partition coefficient (Wildman–Crippen LogP) is 3.44. The third-order valence-corrected chi connectivity index (χ3v) is 3.21. The zero-order chi connectivity index (χ0) is 17.4. The molecule has 0 spiro atoms. The summed E-state index contributed by atoms with van der Waals surface area (Å²) in [5.41, 5.74) is 2.29. The van der Waals surface area contributed by atoms with E-state index in [9.17, 15) is 9.59 Å². The van der Waals surface area contributed by atoms with Gasteiger partial charge in [-0.1, -0.05) is 12.1 Å². The Bertz CT molecular complexity index is 698. The van der Waals surface area contributed by atoms with E-state index in [1.54, 1.807) is 31.4 Å². The van der Waals surface area contributed by atoms with Crippen LogP contribution in [0.3, 0.4) is 0 Å². The van der Waals surface area contributed by atoms with E-state index in [1.165, 1.54) is 6.92 Å². The van der Waals surface area contributed by atoms with E-state index < -0.39 is 6.09 Å². The number of amides is 2. The molecule has 0 aliphatic rings. The summed E-state index contributed by atoms with van der Waals surface area (Å²) >= 11 is 0. The highest BCUT2D eigenvalue weighted by Gasteiger charge is 2.04. The van der Waals surface area contributed by atoms with E-state index in [0.717, 1.165) is 11.3 Å². The van der Waals surface area contributed by atoms with Crippen molar-refractivity contribution >= 4 is 23.4 Å². The van der Waals surface area contributed by atoms with Crippen LogP contribution < -0.4 is 15.4 Å².